The highest BCUT2D eigenvalue weighted by atomic mass is 19.1. The average molecular weight is 244 g/mol. The molecule has 1 aromatic rings. The van der Waals surface area contributed by atoms with Crippen molar-refractivity contribution in [3.05, 3.63) is 41.7 Å². The molecule has 0 spiro atoms. The molecule has 0 saturated heterocycles. The third-order valence-corrected chi connectivity index (χ3v) is 4.15. The summed E-state index contributed by atoms with van der Waals surface area (Å²) in [5.74, 6) is -0.573. The van der Waals surface area contributed by atoms with E-state index in [4.69, 9.17) is 0 Å². The number of hydrogen-bond acceptors (Lipinski definition) is 2. The molecular formula is C15H13FO2. The predicted molar refractivity (Wildman–Crippen MR) is 65.2 cm³/mol. The molecule has 0 N–H and O–H groups in total. The molecule has 3 rings (SSSR count). The van der Waals surface area contributed by atoms with Gasteiger partial charge in [-0.1, -0.05) is 18.2 Å². The van der Waals surface area contributed by atoms with Crippen LogP contribution in [-0.2, 0) is 9.59 Å². The minimum atomic E-state index is -0.811. The maximum atomic E-state index is 12.9. The number of carbonyl (C=O) groups excluding carboxylic acids is 2. The van der Waals surface area contributed by atoms with E-state index in [0.717, 1.165) is 11.1 Å². The van der Waals surface area contributed by atoms with E-state index in [0.29, 0.717) is 12.8 Å². The largest absolute Gasteiger partial charge is 0.299 e. The summed E-state index contributed by atoms with van der Waals surface area (Å²) in [7, 11) is 0. The number of rotatable bonds is 1. The highest BCUT2D eigenvalue weighted by molar-refractivity contribution is 6.19. The highest BCUT2D eigenvalue weighted by Gasteiger charge is 2.53. The number of hydrogen-bond donors (Lipinski definition) is 0. The molecule has 18 heavy (non-hydrogen) atoms. The van der Waals surface area contributed by atoms with Gasteiger partial charge in [-0.05, 0) is 36.6 Å². The third kappa shape index (κ3) is 1.40. The van der Waals surface area contributed by atoms with Crippen molar-refractivity contribution in [2.45, 2.75) is 19.8 Å². The molecule has 92 valence electrons. The fraction of sp³-hybridized carbons (Fsp3) is 0.333. The zero-order valence-electron chi connectivity index (χ0n) is 10.1. The number of fused-ring (bicyclic) bond motifs is 2. The number of benzene rings is 1. The molecule has 1 fully saturated rings. The standard InChI is InChI=1S/C15H13FO2/c1-15-7-6-11(9-2-4-10(16)5-3-9)12(14(15)18)8-13(15)17/h2-6,12H,7-8H2,1H3. The van der Waals surface area contributed by atoms with Gasteiger partial charge in [0.2, 0.25) is 0 Å². The zero-order valence-corrected chi connectivity index (χ0v) is 10.1. The Balaban J connectivity index is 2.04. The minimum Gasteiger partial charge on any atom is -0.299 e. The Morgan fingerprint density at radius 2 is 1.89 bits per heavy atom. The predicted octanol–water partition coefficient (Wildman–Crippen LogP) is 2.78. The van der Waals surface area contributed by atoms with E-state index < -0.39 is 5.41 Å². The number of halogens is 1. The second-order valence-electron chi connectivity index (χ2n) is 5.25. The molecule has 2 aliphatic rings. The maximum Gasteiger partial charge on any atom is 0.154 e. The van der Waals surface area contributed by atoms with Crippen molar-refractivity contribution >= 4 is 17.1 Å². The van der Waals surface area contributed by atoms with Crippen molar-refractivity contribution in [3.8, 4) is 0 Å². The lowest BCUT2D eigenvalue weighted by Crippen LogP contribution is -2.32. The van der Waals surface area contributed by atoms with Gasteiger partial charge in [-0.2, -0.15) is 0 Å². The number of ketones is 2. The van der Waals surface area contributed by atoms with E-state index in [2.05, 4.69) is 0 Å². The van der Waals surface area contributed by atoms with Crippen molar-refractivity contribution in [1.29, 1.82) is 0 Å². The van der Waals surface area contributed by atoms with Gasteiger partial charge in [-0.3, -0.25) is 9.59 Å². The molecule has 0 aromatic heterocycles. The SMILES string of the molecule is CC12CC=C(c3ccc(F)cc3)C(CC1=O)C2=O. The minimum absolute atomic E-state index is 0.0225. The van der Waals surface area contributed by atoms with Crippen LogP contribution in [0.4, 0.5) is 4.39 Å². The van der Waals surface area contributed by atoms with Crippen molar-refractivity contribution in [3.63, 3.8) is 0 Å². The van der Waals surface area contributed by atoms with Gasteiger partial charge in [-0.25, -0.2) is 4.39 Å². The molecule has 2 nitrogen and oxygen atoms in total. The summed E-state index contributed by atoms with van der Waals surface area (Å²) in [5.41, 5.74) is 0.906. The maximum absolute atomic E-state index is 12.9. The first kappa shape index (κ1) is 11.3. The molecule has 3 heteroatoms. The summed E-state index contributed by atoms with van der Waals surface area (Å²) in [6.07, 6.45) is 2.72. The molecule has 1 aromatic carbocycles. The smallest absolute Gasteiger partial charge is 0.154 e. The van der Waals surface area contributed by atoms with E-state index >= 15 is 0 Å². The Hall–Kier alpha value is -1.77. The van der Waals surface area contributed by atoms with Gasteiger partial charge in [0.1, 0.15) is 11.6 Å². The Labute approximate surface area is 105 Å². The summed E-state index contributed by atoms with van der Waals surface area (Å²) >= 11 is 0. The molecule has 0 amide bonds. The molecule has 2 aliphatic carbocycles. The van der Waals surface area contributed by atoms with Crippen molar-refractivity contribution < 1.29 is 14.0 Å². The quantitative estimate of drug-likeness (QED) is 0.712. The molecule has 1 saturated carbocycles. The number of carbonyl (C=O) groups is 2. The Morgan fingerprint density at radius 3 is 2.56 bits per heavy atom. The van der Waals surface area contributed by atoms with Gasteiger partial charge >= 0.3 is 0 Å². The van der Waals surface area contributed by atoms with Gasteiger partial charge in [0.15, 0.2) is 5.78 Å². The van der Waals surface area contributed by atoms with E-state index in [9.17, 15) is 14.0 Å². The van der Waals surface area contributed by atoms with Gasteiger partial charge in [0.05, 0.1) is 11.3 Å². The lowest BCUT2D eigenvalue weighted by atomic mass is 9.75. The van der Waals surface area contributed by atoms with Crippen molar-refractivity contribution in [2.24, 2.45) is 11.3 Å². The number of allylic oxidation sites excluding steroid dienone is 2. The van der Waals surface area contributed by atoms with Crippen LogP contribution in [0.1, 0.15) is 25.3 Å². The molecule has 0 aliphatic heterocycles. The van der Waals surface area contributed by atoms with E-state index in [1.807, 2.05) is 6.08 Å². The van der Waals surface area contributed by atoms with Crippen LogP contribution in [0.25, 0.3) is 5.57 Å². The average Bonchev–Trinajstić information content (AvgIpc) is 2.49. The highest BCUT2D eigenvalue weighted by Crippen LogP contribution is 2.48. The molecule has 2 bridgehead atoms. The van der Waals surface area contributed by atoms with Crippen LogP contribution in [0.2, 0.25) is 0 Å². The number of Topliss-reactive ketones (excluding diaryl/α,β-unsaturated/α-hetero) is 2. The van der Waals surface area contributed by atoms with Crippen LogP contribution in [0.3, 0.4) is 0 Å². The van der Waals surface area contributed by atoms with Crippen LogP contribution >= 0.6 is 0 Å². The summed E-state index contributed by atoms with van der Waals surface area (Å²) in [6, 6.07) is 6.09. The Morgan fingerprint density at radius 1 is 1.22 bits per heavy atom. The third-order valence-electron chi connectivity index (χ3n) is 4.15. The summed E-state index contributed by atoms with van der Waals surface area (Å²) in [4.78, 5) is 24.1. The van der Waals surface area contributed by atoms with Crippen LogP contribution in [0, 0.1) is 17.2 Å². The normalized spacial score (nSPS) is 30.6. The van der Waals surface area contributed by atoms with E-state index in [-0.39, 0.29) is 23.3 Å². The summed E-state index contributed by atoms with van der Waals surface area (Å²) in [5, 5.41) is 0. The zero-order chi connectivity index (χ0) is 12.9. The second kappa shape index (κ2) is 3.61. The fourth-order valence-corrected chi connectivity index (χ4v) is 2.91. The van der Waals surface area contributed by atoms with Gasteiger partial charge in [0, 0.05) is 6.42 Å². The van der Waals surface area contributed by atoms with Crippen molar-refractivity contribution in [2.75, 3.05) is 0 Å². The first-order chi connectivity index (χ1) is 8.52. The molecule has 0 radical (unpaired) electrons. The van der Waals surface area contributed by atoms with Crippen LogP contribution in [0.5, 0.6) is 0 Å². The fourth-order valence-electron chi connectivity index (χ4n) is 2.91. The molecule has 2 atom stereocenters. The topological polar surface area (TPSA) is 34.1 Å². The summed E-state index contributed by atoms with van der Waals surface area (Å²) < 4.78 is 12.9. The monoisotopic (exact) mass is 244 g/mol. The van der Waals surface area contributed by atoms with Gasteiger partial charge in [-0.15, -0.1) is 0 Å². The molecule has 0 heterocycles. The second-order valence-corrected chi connectivity index (χ2v) is 5.25. The van der Waals surface area contributed by atoms with Gasteiger partial charge < -0.3 is 0 Å². The molecular weight excluding hydrogens is 231 g/mol. The first-order valence-corrected chi connectivity index (χ1v) is 6.06. The van der Waals surface area contributed by atoms with Crippen molar-refractivity contribution in [1.82, 2.24) is 0 Å². The summed E-state index contributed by atoms with van der Waals surface area (Å²) in [6.45, 7) is 1.73. The van der Waals surface area contributed by atoms with E-state index in [1.165, 1.54) is 12.1 Å². The van der Waals surface area contributed by atoms with E-state index in [1.54, 1.807) is 19.1 Å². The first-order valence-electron chi connectivity index (χ1n) is 6.06. The Kier molecular flexibility index (Phi) is 2.27. The van der Waals surface area contributed by atoms with Crippen LogP contribution in [-0.4, -0.2) is 11.6 Å². The lowest BCUT2D eigenvalue weighted by Gasteiger charge is -2.25. The lowest BCUT2D eigenvalue weighted by molar-refractivity contribution is -0.134. The Bertz CT molecular complexity index is 571. The molecule has 2 unspecified atom stereocenters. The van der Waals surface area contributed by atoms with Crippen LogP contribution in [0.15, 0.2) is 30.3 Å². The van der Waals surface area contributed by atoms with Gasteiger partial charge in [0.25, 0.3) is 0 Å². The van der Waals surface area contributed by atoms with Crippen LogP contribution < -0.4 is 0 Å².